The van der Waals surface area contributed by atoms with Gasteiger partial charge in [-0.3, -0.25) is 0 Å². The van der Waals surface area contributed by atoms with Crippen LogP contribution in [0.1, 0.15) is 22.3 Å². The molecule has 0 aliphatic rings. The Hall–Kier alpha value is -2.34. The van der Waals surface area contributed by atoms with Crippen LogP contribution in [0, 0.1) is 31.0 Å². The van der Waals surface area contributed by atoms with Gasteiger partial charge in [-0.2, -0.15) is 5.26 Å². The molecule has 2 nitrogen and oxygen atoms in total. The van der Waals surface area contributed by atoms with E-state index >= 15 is 0 Å². The van der Waals surface area contributed by atoms with Gasteiger partial charge < -0.3 is 5.32 Å². The minimum Gasteiger partial charge on any atom is -0.380 e. The highest BCUT2D eigenvalue weighted by Gasteiger charge is 2.07. The molecule has 0 radical (unpaired) electrons. The minimum atomic E-state index is -0.492. The standard InChI is InChI=1S/C16H15FN2/c1-11-6-7-12(2)13(8-11)10-19-16-5-3-4-15(17)14(16)9-18/h3-8,19H,10H2,1-2H3. The molecule has 0 aliphatic heterocycles. The second-order valence-electron chi connectivity index (χ2n) is 4.56. The van der Waals surface area contributed by atoms with Crippen LogP contribution >= 0.6 is 0 Å². The molecule has 0 saturated carbocycles. The molecular formula is C16H15FN2. The Bertz CT molecular complexity index is 642. The topological polar surface area (TPSA) is 35.8 Å². The molecule has 0 aromatic heterocycles. The van der Waals surface area contributed by atoms with Gasteiger partial charge in [0, 0.05) is 6.54 Å². The van der Waals surface area contributed by atoms with Gasteiger partial charge in [0.1, 0.15) is 17.4 Å². The smallest absolute Gasteiger partial charge is 0.143 e. The second-order valence-corrected chi connectivity index (χ2v) is 4.56. The quantitative estimate of drug-likeness (QED) is 0.900. The molecule has 0 spiro atoms. The van der Waals surface area contributed by atoms with E-state index < -0.39 is 5.82 Å². The van der Waals surface area contributed by atoms with Gasteiger partial charge in [-0.25, -0.2) is 4.39 Å². The average molecular weight is 254 g/mol. The van der Waals surface area contributed by atoms with E-state index in [0.717, 1.165) is 5.56 Å². The first kappa shape index (κ1) is 13.1. The summed E-state index contributed by atoms with van der Waals surface area (Å²) in [5.41, 5.74) is 4.10. The van der Waals surface area contributed by atoms with Crippen molar-refractivity contribution in [1.82, 2.24) is 0 Å². The monoisotopic (exact) mass is 254 g/mol. The van der Waals surface area contributed by atoms with E-state index in [-0.39, 0.29) is 5.56 Å². The van der Waals surface area contributed by atoms with Crippen LogP contribution in [0.3, 0.4) is 0 Å². The van der Waals surface area contributed by atoms with E-state index in [2.05, 4.69) is 23.5 Å². The molecule has 0 aliphatic carbocycles. The summed E-state index contributed by atoms with van der Waals surface area (Å²) in [6, 6.07) is 12.7. The largest absolute Gasteiger partial charge is 0.380 e. The van der Waals surface area contributed by atoms with E-state index in [1.165, 1.54) is 17.2 Å². The lowest BCUT2D eigenvalue weighted by Crippen LogP contribution is -2.04. The van der Waals surface area contributed by atoms with Crippen molar-refractivity contribution < 1.29 is 4.39 Å². The van der Waals surface area contributed by atoms with E-state index in [9.17, 15) is 4.39 Å². The maximum atomic E-state index is 13.5. The zero-order chi connectivity index (χ0) is 13.8. The molecule has 3 heteroatoms. The number of nitrogens with zero attached hydrogens (tertiary/aromatic N) is 1. The third kappa shape index (κ3) is 2.92. The molecule has 0 atom stereocenters. The SMILES string of the molecule is Cc1ccc(C)c(CNc2cccc(F)c2C#N)c1. The predicted molar refractivity (Wildman–Crippen MR) is 74.4 cm³/mol. The summed E-state index contributed by atoms with van der Waals surface area (Å²) in [6.45, 7) is 4.64. The normalized spacial score (nSPS) is 10.0. The number of rotatable bonds is 3. The van der Waals surface area contributed by atoms with Crippen LogP contribution in [0.4, 0.5) is 10.1 Å². The first-order chi connectivity index (χ1) is 9.11. The Morgan fingerprint density at radius 1 is 1.21 bits per heavy atom. The van der Waals surface area contributed by atoms with Crippen molar-refractivity contribution in [2.24, 2.45) is 0 Å². The van der Waals surface area contributed by atoms with Gasteiger partial charge in [-0.1, -0.05) is 29.8 Å². The molecule has 2 rings (SSSR count). The number of hydrogen-bond donors (Lipinski definition) is 1. The van der Waals surface area contributed by atoms with Crippen LogP contribution in [-0.4, -0.2) is 0 Å². The molecule has 2 aromatic rings. The van der Waals surface area contributed by atoms with Crippen molar-refractivity contribution in [3.05, 3.63) is 64.5 Å². The van der Waals surface area contributed by atoms with Crippen LogP contribution in [-0.2, 0) is 6.54 Å². The van der Waals surface area contributed by atoms with Crippen molar-refractivity contribution in [2.75, 3.05) is 5.32 Å². The van der Waals surface area contributed by atoms with Gasteiger partial charge in [0.15, 0.2) is 0 Å². The number of nitriles is 1. The fraction of sp³-hybridized carbons (Fsp3) is 0.188. The summed E-state index contributed by atoms with van der Waals surface area (Å²) in [5, 5.41) is 12.1. The molecule has 0 heterocycles. The van der Waals surface area contributed by atoms with Gasteiger partial charge in [0.25, 0.3) is 0 Å². The van der Waals surface area contributed by atoms with Crippen molar-refractivity contribution in [1.29, 1.82) is 5.26 Å². The van der Waals surface area contributed by atoms with Crippen LogP contribution in [0.25, 0.3) is 0 Å². The van der Waals surface area contributed by atoms with Crippen molar-refractivity contribution in [3.8, 4) is 6.07 Å². The number of nitrogens with one attached hydrogen (secondary N) is 1. The summed E-state index contributed by atoms with van der Waals surface area (Å²) in [5.74, 6) is -0.492. The molecule has 0 saturated heterocycles. The number of anilines is 1. The number of aryl methyl sites for hydroxylation is 2. The lowest BCUT2D eigenvalue weighted by molar-refractivity contribution is 0.624. The highest BCUT2D eigenvalue weighted by molar-refractivity contribution is 5.58. The summed E-state index contributed by atoms with van der Waals surface area (Å²) in [4.78, 5) is 0. The zero-order valence-electron chi connectivity index (χ0n) is 11.0. The van der Waals surface area contributed by atoms with Gasteiger partial charge in [-0.05, 0) is 37.1 Å². The van der Waals surface area contributed by atoms with Crippen LogP contribution in [0.2, 0.25) is 0 Å². The summed E-state index contributed by atoms with van der Waals surface area (Å²) < 4.78 is 13.5. The van der Waals surface area contributed by atoms with Crippen LogP contribution in [0.15, 0.2) is 36.4 Å². The number of benzene rings is 2. The molecule has 0 amide bonds. The first-order valence-corrected chi connectivity index (χ1v) is 6.10. The lowest BCUT2D eigenvalue weighted by atomic mass is 10.1. The van der Waals surface area contributed by atoms with E-state index in [1.54, 1.807) is 12.1 Å². The van der Waals surface area contributed by atoms with Gasteiger partial charge in [-0.15, -0.1) is 0 Å². The Morgan fingerprint density at radius 3 is 2.74 bits per heavy atom. The third-order valence-electron chi connectivity index (χ3n) is 3.10. The summed E-state index contributed by atoms with van der Waals surface area (Å²) >= 11 is 0. The number of halogens is 1. The third-order valence-corrected chi connectivity index (χ3v) is 3.10. The van der Waals surface area contributed by atoms with Crippen LogP contribution < -0.4 is 5.32 Å². The zero-order valence-corrected chi connectivity index (χ0v) is 11.0. The summed E-state index contributed by atoms with van der Waals surface area (Å²) in [7, 11) is 0. The highest BCUT2D eigenvalue weighted by atomic mass is 19.1. The lowest BCUT2D eigenvalue weighted by Gasteiger charge is -2.11. The Morgan fingerprint density at radius 2 is 2.00 bits per heavy atom. The van der Waals surface area contributed by atoms with E-state index in [0.29, 0.717) is 12.2 Å². The minimum absolute atomic E-state index is 0.0628. The van der Waals surface area contributed by atoms with Gasteiger partial charge in [0.05, 0.1) is 5.69 Å². The Kier molecular flexibility index (Phi) is 3.82. The number of hydrogen-bond acceptors (Lipinski definition) is 2. The molecule has 19 heavy (non-hydrogen) atoms. The summed E-state index contributed by atoms with van der Waals surface area (Å²) in [6.07, 6.45) is 0. The first-order valence-electron chi connectivity index (χ1n) is 6.10. The maximum Gasteiger partial charge on any atom is 0.143 e. The van der Waals surface area contributed by atoms with E-state index in [4.69, 9.17) is 5.26 Å². The fourth-order valence-corrected chi connectivity index (χ4v) is 1.97. The fourth-order valence-electron chi connectivity index (χ4n) is 1.97. The molecule has 1 N–H and O–H groups in total. The molecule has 96 valence electrons. The predicted octanol–water partition coefficient (Wildman–Crippen LogP) is 3.93. The van der Waals surface area contributed by atoms with E-state index in [1.807, 2.05) is 19.9 Å². The maximum absolute atomic E-state index is 13.5. The molecule has 0 bridgehead atoms. The molecule has 2 aromatic carbocycles. The van der Waals surface area contributed by atoms with Crippen molar-refractivity contribution in [2.45, 2.75) is 20.4 Å². The molecule has 0 unspecified atom stereocenters. The van der Waals surface area contributed by atoms with Crippen molar-refractivity contribution in [3.63, 3.8) is 0 Å². The average Bonchev–Trinajstić information content (AvgIpc) is 2.40. The second kappa shape index (κ2) is 5.53. The highest BCUT2D eigenvalue weighted by Crippen LogP contribution is 2.19. The Labute approximate surface area is 112 Å². The Balaban J connectivity index is 2.22. The van der Waals surface area contributed by atoms with Gasteiger partial charge in [0.2, 0.25) is 0 Å². The van der Waals surface area contributed by atoms with Gasteiger partial charge >= 0.3 is 0 Å². The van der Waals surface area contributed by atoms with Crippen molar-refractivity contribution >= 4 is 5.69 Å². The van der Waals surface area contributed by atoms with Crippen LogP contribution in [0.5, 0.6) is 0 Å². The molecular weight excluding hydrogens is 239 g/mol. The molecule has 0 fully saturated rings.